The fourth-order valence-corrected chi connectivity index (χ4v) is 3.12. The van der Waals surface area contributed by atoms with Crippen molar-refractivity contribution in [3.63, 3.8) is 0 Å². The predicted octanol–water partition coefficient (Wildman–Crippen LogP) is 3.55. The highest BCUT2D eigenvalue weighted by atomic mass is 19.4. The summed E-state index contributed by atoms with van der Waals surface area (Å²) in [5.41, 5.74) is 0.961. The van der Waals surface area contributed by atoms with E-state index in [1.165, 1.54) is 0 Å². The van der Waals surface area contributed by atoms with E-state index in [0.29, 0.717) is 18.9 Å². The van der Waals surface area contributed by atoms with Crippen LogP contribution in [0, 0.1) is 0 Å². The molecule has 4 rings (SSSR count). The zero-order chi connectivity index (χ0) is 18.1. The molecule has 0 aliphatic carbocycles. The molecule has 3 heterocycles. The van der Waals surface area contributed by atoms with Crippen molar-refractivity contribution in [1.82, 2.24) is 24.9 Å². The van der Waals surface area contributed by atoms with Gasteiger partial charge in [-0.15, -0.1) is 10.2 Å². The van der Waals surface area contributed by atoms with E-state index >= 15 is 0 Å². The van der Waals surface area contributed by atoms with Gasteiger partial charge in [-0.25, -0.2) is 0 Å². The number of aryl methyl sites for hydroxylation is 2. The summed E-state index contributed by atoms with van der Waals surface area (Å²) in [7, 11) is 0. The predicted molar refractivity (Wildman–Crippen MR) is 85.2 cm³/mol. The summed E-state index contributed by atoms with van der Waals surface area (Å²) in [6, 6.07) is 9.72. The van der Waals surface area contributed by atoms with Crippen molar-refractivity contribution >= 4 is 0 Å². The summed E-state index contributed by atoms with van der Waals surface area (Å²) in [5, 5.41) is 12.2. The molecule has 1 aliphatic heterocycles. The number of fused-ring (bicyclic) bond motifs is 1. The molecule has 136 valence electrons. The molecule has 0 fully saturated rings. The maximum atomic E-state index is 12.3. The summed E-state index contributed by atoms with van der Waals surface area (Å²) in [4.78, 5) is 4.16. The monoisotopic (exact) mass is 363 g/mol. The maximum absolute atomic E-state index is 12.3. The second-order valence-corrected chi connectivity index (χ2v) is 6.32. The zero-order valence-electron chi connectivity index (χ0n) is 13.8. The van der Waals surface area contributed by atoms with Gasteiger partial charge in [-0.1, -0.05) is 35.5 Å². The van der Waals surface area contributed by atoms with E-state index < -0.39 is 12.6 Å². The SMILES string of the molecule is FC(F)(F)CCc1noc(C2CCc3nnc(-c4ccccc4)n3C2)n1. The standard InChI is InChI=1S/C17H16F3N5O/c18-17(19,20)9-8-13-21-16(26-24-13)12-6-7-14-22-23-15(25(14)10-12)11-4-2-1-3-5-11/h1-5,12H,6-10H2. The van der Waals surface area contributed by atoms with Gasteiger partial charge in [0, 0.05) is 24.9 Å². The Morgan fingerprint density at radius 1 is 1.15 bits per heavy atom. The Labute approximate surface area is 147 Å². The van der Waals surface area contributed by atoms with Crippen LogP contribution in [0.3, 0.4) is 0 Å². The van der Waals surface area contributed by atoms with Crippen LogP contribution < -0.4 is 0 Å². The molecule has 0 bridgehead atoms. The van der Waals surface area contributed by atoms with Gasteiger partial charge in [-0.3, -0.25) is 0 Å². The van der Waals surface area contributed by atoms with E-state index in [0.717, 1.165) is 23.6 Å². The molecule has 1 atom stereocenters. The van der Waals surface area contributed by atoms with Crippen LogP contribution in [0.25, 0.3) is 11.4 Å². The molecule has 3 aromatic rings. The summed E-state index contributed by atoms with van der Waals surface area (Å²) in [6.07, 6.45) is -4.01. The fraction of sp³-hybridized carbons (Fsp3) is 0.412. The molecule has 0 N–H and O–H groups in total. The van der Waals surface area contributed by atoms with Gasteiger partial charge in [0.25, 0.3) is 0 Å². The number of rotatable bonds is 4. The van der Waals surface area contributed by atoms with E-state index in [1.54, 1.807) is 0 Å². The quantitative estimate of drug-likeness (QED) is 0.709. The number of hydrogen-bond donors (Lipinski definition) is 0. The molecular weight excluding hydrogens is 347 g/mol. The van der Waals surface area contributed by atoms with Crippen molar-refractivity contribution in [1.29, 1.82) is 0 Å². The van der Waals surface area contributed by atoms with Gasteiger partial charge in [0.05, 0.1) is 12.3 Å². The van der Waals surface area contributed by atoms with E-state index in [9.17, 15) is 13.2 Å². The molecule has 1 aromatic carbocycles. The van der Waals surface area contributed by atoms with Crippen molar-refractivity contribution in [2.24, 2.45) is 0 Å². The van der Waals surface area contributed by atoms with Gasteiger partial charge in [-0.05, 0) is 6.42 Å². The number of alkyl halides is 3. The molecule has 0 spiro atoms. The molecule has 6 nitrogen and oxygen atoms in total. The van der Waals surface area contributed by atoms with Gasteiger partial charge in [0.1, 0.15) is 5.82 Å². The van der Waals surface area contributed by atoms with Crippen LogP contribution in [0.4, 0.5) is 13.2 Å². The minimum Gasteiger partial charge on any atom is -0.339 e. The Bertz CT molecular complexity index is 887. The molecule has 0 amide bonds. The first-order chi connectivity index (χ1) is 12.5. The van der Waals surface area contributed by atoms with E-state index in [2.05, 4.69) is 20.3 Å². The average Bonchev–Trinajstić information content (AvgIpc) is 3.26. The Balaban J connectivity index is 1.52. The highest BCUT2D eigenvalue weighted by Gasteiger charge is 2.30. The molecule has 2 aromatic heterocycles. The number of hydrogen-bond acceptors (Lipinski definition) is 5. The first-order valence-electron chi connectivity index (χ1n) is 8.36. The Kier molecular flexibility index (Phi) is 4.21. The molecular formula is C17H16F3N5O. The van der Waals surface area contributed by atoms with E-state index in [-0.39, 0.29) is 18.2 Å². The molecule has 9 heteroatoms. The van der Waals surface area contributed by atoms with Gasteiger partial charge in [0.15, 0.2) is 11.6 Å². The summed E-state index contributed by atoms with van der Waals surface area (Å²) in [6.45, 7) is 0.563. The third-order valence-corrected chi connectivity index (χ3v) is 4.44. The molecule has 1 aliphatic rings. The van der Waals surface area contributed by atoms with Crippen molar-refractivity contribution < 1.29 is 17.7 Å². The Morgan fingerprint density at radius 3 is 2.73 bits per heavy atom. The van der Waals surface area contributed by atoms with Gasteiger partial charge in [-0.2, -0.15) is 18.2 Å². The minimum absolute atomic E-state index is 0.0619. The summed E-state index contributed by atoms with van der Waals surface area (Å²) < 4.78 is 44.2. The number of benzene rings is 1. The smallest absolute Gasteiger partial charge is 0.339 e. The number of halogens is 3. The normalized spacial score (nSPS) is 17.3. The first-order valence-corrected chi connectivity index (χ1v) is 8.36. The molecule has 0 saturated carbocycles. The van der Waals surface area contributed by atoms with Crippen LogP contribution in [-0.4, -0.2) is 31.1 Å². The molecule has 0 saturated heterocycles. The van der Waals surface area contributed by atoms with Crippen molar-refractivity contribution in [3.05, 3.63) is 47.9 Å². The van der Waals surface area contributed by atoms with Gasteiger partial charge < -0.3 is 9.09 Å². The fourth-order valence-electron chi connectivity index (χ4n) is 3.12. The topological polar surface area (TPSA) is 69.6 Å². The highest BCUT2D eigenvalue weighted by molar-refractivity contribution is 5.55. The second-order valence-electron chi connectivity index (χ2n) is 6.32. The third-order valence-electron chi connectivity index (χ3n) is 4.44. The second kappa shape index (κ2) is 6.54. The van der Waals surface area contributed by atoms with Gasteiger partial charge >= 0.3 is 6.18 Å². The lowest BCUT2D eigenvalue weighted by Crippen LogP contribution is -2.20. The van der Waals surface area contributed by atoms with Crippen molar-refractivity contribution in [2.75, 3.05) is 0 Å². The van der Waals surface area contributed by atoms with E-state index in [1.807, 2.05) is 34.9 Å². The maximum Gasteiger partial charge on any atom is 0.389 e. The minimum atomic E-state index is -4.23. The summed E-state index contributed by atoms with van der Waals surface area (Å²) in [5.74, 6) is 2.06. The summed E-state index contributed by atoms with van der Waals surface area (Å²) >= 11 is 0. The lowest BCUT2D eigenvalue weighted by molar-refractivity contribution is -0.134. The van der Waals surface area contributed by atoms with Crippen LogP contribution in [-0.2, 0) is 19.4 Å². The molecule has 26 heavy (non-hydrogen) atoms. The Hall–Kier alpha value is -2.71. The number of nitrogens with zero attached hydrogens (tertiary/aromatic N) is 5. The van der Waals surface area contributed by atoms with Crippen LogP contribution in [0.1, 0.15) is 36.3 Å². The first kappa shape index (κ1) is 16.7. The molecule has 0 radical (unpaired) electrons. The lowest BCUT2D eigenvalue weighted by Gasteiger charge is -2.21. The van der Waals surface area contributed by atoms with Crippen LogP contribution in [0.2, 0.25) is 0 Å². The third kappa shape index (κ3) is 3.47. The Morgan fingerprint density at radius 2 is 1.96 bits per heavy atom. The van der Waals surface area contributed by atoms with Crippen molar-refractivity contribution in [2.45, 2.75) is 44.3 Å². The van der Waals surface area contributed by atoms with Crippen LogP contribution >= 0.6 is 0 Å². The largest absolute Gasteiger partial charge is 0.389 e. The zero-order valence-corrected chi connectivity index (χ0v) is 13.8. The molecule has 1 unspecified atom stereocenters. The average molecular weight is 363 g/mol. The number of aromatic nitrogens is 5. The van der Waals surface area contributed by atoms with Crippen LogP contribution in [0.15, 0.2) is 34.9 Å². The van der Waals surface area contributed by atoms with Crippen molar-refractivity contribution in [3.8, 4) is 11.4 Å². The van der Waals surface area contributed by atoms with Crippen LogP contribution in [0.5, 0.6) is 0 Å². The lowest BCUT2D eigenvalue weighted by atomic mass is 9.99. The van der Waals surface area contributed by atoms with Gasteiger partial charge in [0.2, 0.25) is 5.89 Å². The van der Waals surface area contributed by atoms with E-state index in [4.69, 9.17) is 4.52 Å². The highest BCUT2D eigenvalue weighted by Crippen LogP contribution is 2.31.